The van der Waals surface area contributed by atoms with Crippen LogP contribution in [-0.4, -0.2) is 16.7 Å². The van der Waals surface area contributed by atoms with Gasteiger partial charge in [-0.2, -0.15) is 0 Å². The lowest BCUT2D eigenvalue weighted by atomic mass is 9.88. The molecule has 2 aromatic rings. The lowest BCUT2D eigenvalue weighted by Gasteiger charge is -2.12. The molecule has 1 aromatic heterocycles. The molecule has 0 saturated carbocycles. The summed E-state index contributed by atoms with van der Waals surface area (Å²) in [5.74, 6) is -0.623. The van der Waals surface area contributed by atoms with Crippen molar-refractivity contribution in [2.45, 2.75) is 0 Å². The first kappa shape index (κ1) is 8.91. The minimum atomic E-state index is -0.370. The van der Waals surface area contributed by atoms with E-state index in [0.29, 0.717) is 5.56 Å². The largest absolute Gasteiger partial charge is 0.508 e. The minimum Gasteiger partial charge on any atom is -0.508 e. The maximum absolute atomic E-state index is 11.9. The van der Waals surface area contributed by atoms with Gasteiger partial charge in [-0.05, 0) is 24.3 Å². The Labute approximate surface area is 90.1 Å². The van der Waals surface area contributed by atoms with E-state index in [-0.39, 0.29) is 34.2 Å². The molecule has 0 spiro atoms. The molecule has 0 unspecified atom stereocenters. The summed E-state index contributed by atoms with van der Waals surface area (Å²) in [6.07, 6.45) is 1.31. The Balaban J connectivity index is 2.34. The molecule has 0 atom stereocenters. The summed E-state index contributed by atoms with van der Waals surface area (Å²) in [4.78, 5) is 23.8. The molecule has 0 amide bonds. The van der Waals surface area contributed by atoms with Gasteiger partial charge in [0.05, 0.1) is 11.8 Å². The van der Waals surface area contributed by atoms with Gasteiger partial charge >= 0.3 is 0 Å². The van der Waals surface area contributed by atoms with Gasteiger partial charge in [0, 0.05) is 11.1 Å². The fourth-order valence-corrected chi connectivity index (χ4v) is 1.85. The van der Waals surface area contributed by atoms with Crippen LogP contribution >= 0.6 is 0 Å². The predicted molar refractivity (Wildman–Crippen MR) is 53.7 cm³/mol. The fourth-order valence-electron chi connectivity index (χ4n) is 1.85. The molecule has 1 aromatic carbocycles. The van der Waals surface area contributed by atoms with E-state index < -0.39 is 0 Å². The first-order valence-electron chi connectivity index (χ1n) is 4.68. The number of phenols is 1. The van der Waals surface area contributed by atoms with Gasteiger partial charge in [-0.15, -0.1) is 0 Å². The van der Waals surface area contributed by atoms with Crippen LogP contribution in [0, 0.1) is 0 Å². The van der Waals surface area contributed by atoms with E-state index in [1.807, 2.05) is 0 Å². The van der Waals surface area contributed by atoms with E-state index in [1.165, 1.54) is 30.5 Å². The third-order valence-electron chi connectivity index (χ3n) is 2.61. The molecule has 0 saturated heterocycles. The van der Waals surface area contributed by atoms with Gasteiger partial charge in [-0.25, -0.2) is 0 Å². The van der Waals surface area contributed by atoms with Crippen LogP contribution in [-0.2, 0) is 0 Å². The SMILES string of the molecule is O=C1c2ccc(O)cc2C(=O)c2occc21. The van der Waals surface area contributed by atoms with E-state index in [0.717, 1.165) is 0 Å². The Hall–Kier alpha value is -2.36. The van der Waals surface area contributed by atoms with Crippen LogP contribution in [0.4, 0.5) is 0 Å². The molecular weight excluding hydrogens is 208 g/mol. The van der Waals surface area contributed by atoms with E-state index in [9.17, 15) is 14.7 Å². The van der Waals surface area contributed by atoms with E-state index in [4.69, 9.17) is 4.42 Å². The number of ketones is 2. The average Bonchev–Trinajstić information content (AvgIpc) is 2.75. The maximum Gasteiger partial charge on any atom is 0.229 e. The van der Waals surface area contributed by atoms with E-state index in [1.54, 1.807) is 0 Å². The van der Waals surface area contributed by atoms with Crippen LogP contribution in [0.25, 0.3) is 0 Å². The molecule has 1 N–H and O–H groups in total. The maximum atomic E-state index is 11.9. The zero-order valence-corrected chi connectivity index (χ0v) is 8.06. The van der Waals surface area contributed by atoms with Gasteiger partial charge < -0.3 is 9.52 Å². The second-order valence-electron chi connectivity index (χ2n) is 3.55. The Bertz CT molecular complexity index is 622. The number of hydrogen-bond acceptors (Lipinski definition) is 4. The van der Waals surface area contributed by atoms with E-state index in [2.05, 4.69) is 0 Å². The highest BCUT2D eigenvalue weighted by atomic mass is 16.3. The summed E-state index contributed by atoms with van der Waals surface area (Å²) >= 11 is 0. The van der Waals surface area contributed by atoms with Gasteiger partial charge in [-0.1, -0.05) is 0 Å². The van der Waals surface area contributed by atoms with Crippen LogP contribution in [0.1, 0.15) is 32.0 Å². The highest BCUT2D eigenvalue weighted by Gasteiger charge is 2.32. The number of fused-ring (bicyclic) bond motifs is 2. The number of benzene rings is 1. The Morgan fingerprint density at radius 2 is 1.75 bits per heavy atom. The number of rotatable bonds is 0. The fraction of sp³-hybridized carbons (Fsp3) is 0. The standard InChI is InChI=1S/C12H6O4/c13-6-1-2-7-9(5-6)11(15)12-8(10(7)14)3-4-16-12/h1-5,13H. The lowest BCUT2D eigenvalue weighted by molar-refractivity contribution is 0.0960. The molecule has 1 heterocycles. The van der Waals surface area contributed by atoms with Crippen LogP contribution in [0.3, 0.4) is 0 Å². The molecule has 4 heteroatoms. The second-order valence-corrected chi connectivity index (χ2v) is 3.55. The molecule has 3 rings (SSSR count). The summed E-state index contributed by atoms with van der Waals surface area (Å²) < 4.78 is 4.98. The van der Waals surface area contributed by atoms with Crippen molar-refractivity contribution in [3.63, 3.8) is 0 Å². The molecule has 0 radical (unpaired) electrons. The Morgan fingerprint density at radius 3 is 2.56 bits per heavy atom. The molecule has 1 aliphatic carbocycles. The monoisotopic (exact) mass is 214 g/mol. The lowest BCUT2D eigenvalue weighted by Crippen LogP contribution is -2.18. The minimum absolute atomic E-state index is 0.0445. The van der Waals surface area contributed by atoms with Crippen LogP contribution in [0.2, 0.25) is 0 Å². The number of carbonyl (C=O) groups is 2. The van der Waals surface area contributed by atoms with Crippen LogP contribution in [0.15, 0.2) is 34.9 Å². The van der Waals surface area contributed by atoms with Gasteiger partial charge in [0.2, 0.25) is 5.78 Å². The van der Waals surface area contributed by atoms with Crippen LogP contribution < -0.4 is 0 Å². The number of hydrogen-bond donors (Lipinski definition) is 1. The topological polar surface area (TPSA) is 67.5 Å². The summed E-state index contributed by atoms with van der Waals surface area (Å²) in [5, 5.41) is 9.30. The quantitative estimate of drug-likeness (QED) is 0.619. The molecule has 0 bridgehead atoms. The van der Waals surface area contributed by atoms with Gasteiger partial charge in [-0.3, -0.25) is 9.59 Å². The van der Waals surface area contributed by atoms with Gasteiger partial charge in [0.25, 0.3) is 0 Å². The Kier molecular flexibility index (Phi) is 1.57. The van der Waals surface area contributed by atoms with Crippen molar-refractivity contribution in [3.05, 3.63) is 53.0 Å². The molecule has 78 valence electrons. The highest BCUT2D eigenvalue weighted by Crippen LogP contribution is 2.29. The Morgan fingerprint density at radius 1 is 0.938 bits per heavy atom. The van der Waals surface area contributed by atoms with Gasteiger partial charge in [0.15, 0.2) is 11.5 Å². The second kappa shape index (κ2) is 2.82. The summed E-state index contributed by atoms with van der Waals surface area (Å²) in [6.45, 7) is 0. The number of carbonyl (C=O) groups excluding carboxylic acids is 2. The zero-order chi connectivity index (χ0) is 11.3. The van der Waals surface area contributed by atoms with Crippen molar-refractivity contribution < 1.29 is 19.1 Å². The molecule has 16 heavy (non-hydrogen) atoms. The van der Waals surface area contributed by atoms with Crippen molar-refractivity contribution in [2.75, 3.05) is 0 Å². The molecule has 1 aliphatic rings. The third kappa shape index (κ3) is 0.982. The smallest absolute Gasteiger partial charge is 0.229 e. The van der Waals surface area contributed by atoms with Crippen LogP contribution in [0.5, 0.6) is 5.75 Å². The average molecular weight is 214 g/mol. The summed E-state index contributed by atoms with van der Waals surface area (Å²) in [7, 11) is 0. The summed E-state index contributed by atoms with van der Waals surface area (Å²) in [5.41, 5.74) is 0.771. The van der Waals surface area contributed by atoms with Crippen molar-refractivity contribution >= 4 is 11.6 Å². The highest BCUT2D eigenvalue weighted by molar-refractivity contribution is 6.27. The third-order valence-corrected chi connectivity index (χ3v) is 2.61. The first-order chi connectivity index (χ1) is 7.68. The molecular formula is C12H6O4. The normalized spacial score (nSPS) is 13.5. The van der Waals surface area contributed by atoms with E-state index >= 15 is 0 Å². The van der Waals surface area contributed by atoms with Crippen molar-refractivity contribution in [1.29, 1.82) is 0 Å². The summed E-state index contributed by atoms with van der Waals surface area (Å²) in [6, 6.07) is 5.59. The molecule has 0 aliphatic heterocycles. The van der Waals surface area contributed by atoms with Crippen molar-refractivity contribution in [1.82, 2.24) is 0 Å². The molecule has 4 nitrogen and oxygen atoms in total. The van der Waals surface area contributed by atoms with Gasteiger partial charge in [0.1, 0.15) is 5.75 Å². The first-order valence-corrected chi connectivity index (χ1v) is 4.68. The van der Waals surface area contributed by atoms with Crippen molar-refractivity contribution in [2.24, 2.45) is 0 Å². The number of phenolic OH excluding ortho intramolecular Hbond substituents is 1. The van der Waals surface area contributed by atoms with Crippen molar-refractivity contribution in [3.8, 4) is 5.75 Å². The zero-order valence-electron chi connectivity index (χ0n) is 8.06. The number of furan rings is 1. The molecule has 0 fully saturated rings. The number of aromatic hydroxyl groups is 1. The predicted octanol–water partition coefficient (Wildman–Crippen LogP) is 1.76.